The lowest BCUT2D eigenvalue weighted by molar-refractivity contribution is -0.137. The maximum absolute atomic E-state index is 12.7. The zero-order chi connectivity index (χ0) is 21.5. The van der Waals surface area contributed by atoms with Crippen LogP contribution in [-0.4, -0.2) is 14.3 Å². The van der Waals surface area contributed by atoms with E-state index in [9.17, 15) is 26.4 Å². The quantitative estimate of drug-likeness (QED) is 0.546. The van der Waals surface area contributed by atoms with Crippen LogP contribution in [-0.2, 0) is 21.0 Å². The minimum absolute atomic E-state index is 0.00765. The molecule has 0 saturated carbocycles. The number of carbonyl (C=O) groups excluding carboxylic acids is 1. The van der Waals surface area contributed by atoms with Gasteiger partial charge in [-0.1, -0.05) is 0 Å². The number of benzene rings is 2. The molecule has 3 aromatic rings. The Bertz CT molecular complexity index is 1250. The first-order valence-corrected chi connectivity index (χ1v) is 11.0. The number of nitrogens with one attached hydrogen (secondary N) is 2. The third-order valence-electron chi connectivity index (χ3n) is 4.40. The first kappa shape index (κ1) is 20.2. The largest absolute Gasteiger partial charge is 0.416 e. The number of sulfonamides is 1. The van der Waals surface area contributed by atoms with Crippen molar-refractivity contribution < 1.29 is 26.4 Å². The van der Waals surface area contributed by atoms with Gasteiger partial charge < -0.3 is 5.32 Å². The van der Waals surface area contributed by atoms with Crippen LogP contribution < -0.4 is 10.0 Å². The number of hydrogen-bond acceptors (Lipinski definition) is 4. The van der Waals surface area contributed by atoms with Crippen LogP contribution >= 0.6 is 11.3 Å². The second-order valence-electron chi connectivity index (χ2n) is 6.46. The molecule has 30 heavy (non-hydrogen) atoms. The van der Waals surface area contributed by atoms with E-state index >= 15 is 0 Å². The van der Waals surface area contributed by atoms with Gasteiger partial charge in [0.05, 0.1) is 10.5 Å². The number of alkyl halides is 3. The average molecular weight is 450 g/mol. The highest BCUT2D eigenvalue weighted by Gasteiger charge is 2.30. The molecule has 0 radical (unpaired) electrons. The maximum Gasteiger partial charge on any atom is 0.416 e. The lowest BCUT2D eigenvalue weighted by Gasteiger charge is -2.11. The molecule has 4 rings (SSSR count). The molecule has 0 aliphatic carbocycles. The maximum atomic E-state index is 12.7. The van der Waals surface area contributed by atoms with Crippen molar-refractivity contribution in [3.05, 3.63) is 76.0 Å². The summed E-state index contributed by atoms with van der Waals surface area (Å²) in [7, 11) is -4.08. The molecule has 2 N–H and O–H groups in total. The highest BCUT2D eigenvalue weighted by atomic mass is 32.2. The van der Waals surface area contributed by atoms with E-state index in [1.807, 2.05) is 16.8 Å². The van der Waals surface area contributed by atoms with Gasteiger partial charge in [0.1, 0.15) is 0 Å². The summed E-state index contributed by atoms with van der Waals surface area (Å²) in [5.41, 5.74) is 1.17. The van der Waals surface area contributed by atoms with Crippen LogP contribution in [0.25, 0.3) is 11.6 Å². The van der Waals surface area contributed by atoms with Gasteiger partial charge in [-0.2, -0.15) is 24.5 Å². The van der Waals surface area contributed by atoms with Crippen LogP contribution in [0.3, 0.4) is 0 Å². The summed E-state index contributed by atoms with van der Waals surface area (Å²) in [6.07, 6.45) is -2.85. The molecule has 0 saturated heterocycles. The Morgan fingerprint density at radius 2 is 1.77 bits per heavy atom. The van der Waals surface area contributed by atoms with E-state index in [4.69, 9.17) is 0 Å². The van der Waals surface area contributed by atoms with Gasteiger partial charge in [0.15, 0.2) is 0 Å². The van der Waals surface area contributed by atoms with E-state index in [0.717, 1.165) is 29.8 Å². The Kier molecular flexibility index (Phi) is 4.91. The number of thiophene rings is 1. The summed E-state index contributed by atoms with van der Waals surface area (Å²) >= 11 is 1.46. The minimum Gasteiger partial charge on any atom is -0.321 e. The minimum atomic E-state index is -4.51. The van der Waals surface area contributed by atoms with Gasteiger partial charge in [-0.25, -0.2) is 8.42 Å². The predicted octanol–water partition coefficient (Wildman–Crippen LogP) is 5.06. The summed E-state index contributed by atoms with van der Waals surface area (Å²) < 4.78 is 65.8. The van der Waals surface area contributed by atoms with Crippen molar-refractivity contribution in [1.82, 2.24) is 0 Å². The molecule has 2 aromatic carbocycles. The Balaban J connectivity index is 1.65. The highest BCUT2D eigenvalue weighted by molar-refractivity contribution is 7.92. The van der Waals surface area contributed by atoms with Gasteiger partial charge in [-0.3, -0.25) is 9.52 Å². The fourth-order valence-corrected chi connectivity index (χ4v) is 4.65. The normalized spacial score (nSPS) is 15.2. The highest BCUT2D eigenvalue weighted by Crippen LogP contribution is 2.35. The number of anilines is 2. The molecule has 10 heteroatoms. The molecule has 0 unspecified atom stereocenters. The number of carbonyl (C=O) groups is 1. The van der Waals surface area contributed by atoms with E-state index in [2.05, 4.69) is 10.0 Å². The van der Waals surface area contributed by atoms with Crippen molar-refractivity contribution in [2.24, 2.45) is 0 Å². The van der Waals surface area contributed by atoms with Crippen LogP contribution in [0.4, 0.5) is 24.5 Å². The second kappa shape index (κ2) is 7.29. The van der Waals surface area contributed by atoms with Gasteiger partial charge in [0.2, 0.25) is 0 Å². The molecule has 1 amide bonds. The molecule has 0 atom stereocenters. The van der Waals surface area contributed by atoms with Crippen LogP contribution in [0.15, 0.2) is 64.2 Å². The van der Waals surface area contributed by atoms with Crippen molar-refractivity contribution in [1.29, 1.82) is 0 Å². The summed E-state index contributed by atoms with van der Waals surface area (Å²) in [6.45, 7) is 0. The monoisotopic (exact) mass is 450 g/mol. The number of hydrogen-bond donors (Lipinski definition) is 2. The average Bonchev–Trinajstić information content (AvgIpc) is 3.29. The van der Waals surface area contributed by atoms with Gasteiger partial charge in [-0.15, -0.1) is 0 Å². The van der Waals surface area contributed by atoms with Gasteiger partial charge in [0.25, 0.3) is 15.9 Å². The van der Waals surface area contributed by atoms with E-state index < -0.39 is 21.8 Å². The van der Waals surface area contributed by atoms with Crippen molar-refractivity contribution in [3.63, 3.8) is 0 Å². The van der Waals surface area contributed by atoms with Crippen molar-refractivity contribution in [3.8, 4) is 0 Å². The summed E-state index contributed by atoms with van der Waals surface area (Å²) in [5.74, 6) is -0.346. The lowest BCUT2D eigenvalue weighted by atomic mass is 10.1. The van der Waals surface area contributed by atoms with Crippen LogP contribution in [0.5, 0.6) is 0 Å². The SMILES string of the molecule is O=C1Nc2ccc(S(=O)(=O)Nc3ccc(C(F)(F)F)cc3)cc2C1=Cc1ccsc1. The standard InChI is InChI=1S/C20H13F3N2O3S2/c21-20(22,23)13-1-3-14(4-2-13)25-30(27,28)15-5-6-18-16(10-15)17(19(26)24-18)9-12-7-8-29-11-12/h1-11,25H,(H,24,26). The van der Waals surface area contributed by atoms with E-state index in [-0.39, 0.29) is 16.5 Å². The van der Waals surface area contributed by atoms with Crippen LogP contribution in [0.1, 0.15) is 16.7 Å². The third-order valence-corrected chi connectivity index (χ3v) is 6.48. The lowest BCUT2D eigenvalue weighted by Crippen LogP contribution is -2.13. The Morgan fingerprint density at radius 3 is 2.40 bits per heavy atom. The van der Waals surface area contributed by atoms with E-state index in [0.29, 0.717) is 16.8 Å². The Labute approximate surface area is 173 Å². The van der Waals surface area contributed by atoms with Gasteiger partial charge >= 0.3 is 6.18 Å². The molecule has 1 aromatic heterocycles. The molecular formula is C20H13F3N2O3S2. The first-order chi connectivity index (χ1) is 14.1. The van der Waals surface area contributed by atoms with Gasteiger partial charge in [-0.05, 0) is 70.9 Å². The van der Waals surface area contributed by atoms with Crippen LogP contribution in [0.2, 0.25) is 0 Å². The molecule has 1 aliphatic heterocycles. The molecule has 1 aliphatic rings. The van der Waals surface area contributed by atoms with Crippen molar-refractivity contribution in [2.45, 2.75) is 11.1 Å². The molecule has 2 heterocycles. The molecule has 5 nitrogen and oxygen atoms in total. The van der Waals surface area contributed by atoms with Crippen molar-refractivity contribution >= 4 is 50.3 Å². The van der Waals surface area contributed by atoms with Crippen molar-refractivity contribution in [2.75, 3.05) is 10.0 Å². The smallest absolute Gasteiger partial charge is 0.321 e. The summed E-state index contributed by atoms with van der Waals surface area (Å²) in [6, 6.07) is 9.66. The fraction of sp³-hybridized carbons (Fsp3) is 0.0500. The molecule has 0 bridgehead atoms. The molecular weight excluding hydrogens is 437 g/mol. The second-order valence-corrected chi connectivity index (χ2v) is 8.92. The first-order valence-electron chi connectivity index (χ1n) is 8.53. The van der Waals surface area contributed by atoms with Crippen LogP contribution in [0, 0.1) is 0 Å². The predicted molar refractivity (Wildman–Crippen MR) is 110 cm³/mol. The molecule has 154 valence electrons. The number of amides is 1. The zero-order valence-electron chi connectivity index (χ0n) is 15.0. The zero-order valence-corrected chi connectivity index (χ0v) is 16.7. The van der Waals surface area contributed by atoms with E-state index in [1.54, 1.807) is 6.08 Å². The summed E-state index contributed by atoms with van der Waals surface area (Å²) in [5, 5.41) is 6.39. The Morgan fingerprint density at radius 1 is 1.03 bits per heavy atom. The van der Waals surface area contributed by atoms with Gasteiger partial charge in [0, 0.05) is 22.5 Å². The van der Waals surface area contributed by atoms with E-state index in [1.165, 1.54) is 29.5 Å². The molecule has 0 spiro atoms. The third kappa shape index (κ3) is 3.96. The number of halogens is 3. The fourth-order valence-electron chi connectivity index (χ4n) is 2.94. The number of rotatable bonds is 4. The molecule has 0 fully saturated rings. The Hall–Kier alpha value is -3.11. The topological polar surface area (TPSA) is 75.3 Å². The summed E-state index contributed by atoms with van der Waals surface area (Å²) in [4.78, 5) is 12.2. The number of fused-ring (bicyclic) bond motifs is 1.